The first-order valence-electron chi connectivity index (χ1n) is 7.95. The van der Waals surface area contributed by atoms with Gasteiger partial charge in [-0.25, -0.2) is 0 Å². The SMILES string of the molecule is C=CC(=O)C1CCCC(C[n+]2ccc(O)c3ccccc32)C1. The van der Waals surface area contributed by atoms with Gasteiger partial charge in [-0.15, -0.1) is 0 Å². The zero-order chi connectivity index (χ0) is 15.5. The van der Waals surface area contributed by atoms with Crippen LogP contribution in [0.25, 0.3) is 10.9 Å². The topological polar surface area (TPSA) is 41.2 Å². The molecule has 3 heteroatoms. The van der Waals surface area contributed by atoms with Crippen LogP contribution < -0.4 is 4.57 Å². The third kappa shape index (κ3) is 2.89. The molecule has 0 saturated heterocycles. The molecular formula is C19H22NO2+. The molecule has 22 heavy (non-hydrogen) atoms. The Morgan fingerprint density at radius 2 is 2.14 bits per heavy atom. The van der Waals surface area contributed by atoms with E-state index < -0.39 is 0 Å². The van der Waals surface area contributed by atoms with Crippen molar-refractivity contribution in [2.75, 3.05) is 0 Å². The second-order valence-electron chi connectivity index (χ2n) is 6.21. The number of aromatic nitrogens is 1. The molecule has 1 aromatic carbocycles. The van der Waals surface area contributed by atoms with Gasteiger partial charge in [-0.1, -0.05) is 25.1 Å². The number of ketones is 1. The van der Waals surface area contributed by atoms with Gasteiger partial charge in [0.25, 0.3) is 0 Å². The van der Waals surface area contributed by atoms with Crippen LogP contribution in [0.4, 0.5) is 0 Å². The maximum Gasteiger partial charge on any atom is 0.216 e. The fourth-order valence-corrected chi connectivity index (χ4v) is 3.59. The van der Waals surface area contributed by atoms with Crippen LogP contribution in [0.15, 0.2) is 49.2 Å². The van der Waals surface area contributed by atoms with Crippen LogP contribution in [0.3, 0.4) is 0 Å². The first kappa shape index (κ1) is 14.8. The highest BCUT2D eigenvalue weighted by molar-refractivity contribution is 5.91. The van der Waals surface area contributed by atoms with E-state index in [1.54, 1.807) is 6.07 Å². The van der Waals surface area contributed by atoms with Gasteiger partial charge >= 0.3 is 0 Å². The predicted molar refractivity (Wildman–Crippen MR) is 86.5 cm³/mol. The number of carbonyl (C=O) groups excluding carboxylic acids is 1. The number of hydrogen-bond donors (Lipinski definition) is 1. The number of allylic oxidation sites excluding steroid dienone is 1. The highest BCUT2D eigenvalue weighted by Crippen LogP contribution is 2.30. The molecule has 1 saturated carbocycles. The third-order valence-corrected chi connectivity index (χ3v) is 4.74. The summed E-state index contributed by atoms with van der Waals surface area (Å²) < 4.78 is 2.19. The van der Waals surface area contributed by atoms with Gasteiger partial charge in [0, 0.05) is 24.0 Å². The second-order valence-corrected chi connectivity index (χ2v) is 6.21. The number of carbonyl (C=O) groups is 1. The minimum atomic E-state index is 0.139. The normalized spacial score (nSPS) is 21.6. The zero-order valence-corrected chi connectivity index (χ0v) is 12.7. The smallest absolute Gasteiger partial charge is 0.216 e. The highest BCUT2D eigenvalue weighted by Gasteiger charge is 2.28. The lowest BCUT2D eigenvalue weighted by Crippen LogP contribution is -2.40. The maximum atomic E-state index is 11.9. The number of hydrogen-bond acceptors (Lipinski definition) is 2. The summed E-state index contributed by atoms with van der Waals surface area (Å²) in [4.78, 5) is 11.9. The highest BCUT2D eigenvalue weighted by atomic mass is 16.3. The van der Waals surface area contributed by atoms with Crippen LogP contribution in [0.5, 0.6) is 5.75 Å². The van der Waals surface area contributed by atoms with Crippen molar-refractivity contribution in [1.82, 2.24) is 0 Å². The molecule has 1 N–H and O–H groups in total. The van der Waals surface area contributed by atoms with E-state index in [0.717, 1.165) is 43.1 Å². The summed E-state index contributed by atoms with van der Waals surface area (Å²) in [5.74, 6) is 1.14. The molecule has 0 aliphatic heterocycles. The fourth-order valence-electron chi connectivity index (χ4n) is 3.59. The molecule has 2 unspecified atom stereocenters. The van der Waals surface area contributed by atoms with Gasteiger partial charge in [-0.05, 0) is 31.4 Å². The van der Waals surface area contributed by atoms with E-state index in [1.807, 2.05) is 30.5 Å². The average molecular weight is 296 g/mol. The minimum absolute atomic E-state index is 0.139. The summed E-state index contributed by atoms with van der Waals surface area (Å²) >= 11 is 0. The standard InChI is InChI=1S/C19H21NO2/c1-2-18(21)15-7-5-6-14(12-15)13-20-11-10-19(22)16-8-3-4-9-17(16)20/h2-4,8-11,14-15H,1,5-7,12-13H2/p+1. The van der Waals surface area contributed by atoms with Gasteiger partial charge in [0.15, 0.2) is 18.5 Å². The lowest BCUT2D eigenvalue weighted by Gasteiger charge is -2.25. The third-order valence-electron chi connectivity index (χ3n) is 4.74. The first-order valence-corrected chi connectivity index (χ1v) is 7.95. The summed E-state index contributed by atoms with van der Waals surface area (Å²) in [6.45, 7) is 4.50. The number of pyridine rings is 1. The van der Waals surface area contributed by atoms with Gasteiger partial charge in [0.05, 0.1) is 5.39 Å². The minimum Gasteiger partial charge on any atom is -0.507 e. The molecule has 2 aromatic rings. The molecule has 1 aliphatic carbocycles. The molecule has 3 nitrogen and oxygen atoms in total. The summed E-state index contributed by atoms with van der Waals surface area (Å²) in [5, 5.41) is 10.9. The monoisotopic (exact) mass is 296 g/mol. The molecule has 2 atom stereocenters. The van der Waals surface area contributed by atoms with Crippen LogP contribution in [0.2, 0.25) is 0 Å². The second kappa shape index (κ2) is 6.30. The molecule has 0 bridgehead atoms. The van der Waals surface area contributed by atoms with E-state index in [0.29, 0.717) is 11.7 Å². The Kier molecular flexibility index (Phi) is 4.23. The molecule has 1 heterocycles. The summed E-state index contributed by atoms with van der Waals surface area (Å²) in [6.07, 6.45) is 7.59. The molecule has 1 fully saturated rings. The summed E-state index contributed by atoms with van der Waals surface area (Å²) in [6, 6.07) is 9.64. The molecule has 1 aromatic heterocycles. The van der Waals surface area contributed by atoms with E-state index in [-0.39, 0.29) is 11.7 Å². The Morgan fingerprint density at radius 1 is 1.32 bits per heavy atom. The van der Waals surface area contributed by atoms with Crippen LogP contribution in [0, 0.1) is 11.8 Å². The summed E-state index contributed by atoms with van der Waals surface area (Å²) in [7, 11) is 0. The largest absolute Gasteiger partial charge is 0.507 e. The first-order chi connectivity index (χ1) is 10.7. The fraction of sp³-hybridized carbons (Fsp3) is 0.368. The molecule has 0 spiro atoms. The number of benzene rings is 1. The van der Waals surface area contributed by atoms with Crippen molar-refractivity contribution in [2.24, 2.45) is 11.8 Å². The van der Waals surface area contributed by atoms with Crippen LogP contribution >= 0.6 is 0 Å². The number of aromatic hydroxyl groups is 1. The number of nitrogens with zero attached hydrogens (tertiary/aromatic N) is 1. The van der Waals surface area contributed by atoms with Gasteiger partial charge in [-0.2, -0.15) is 4.57 Å². The van der Waals surface area contributed by atoms with Crippen molar-refractivity contribution in [3.63, 3.8) is 0 Å². The van der Waals surface area contributed by atoms with Crippen LogP contribution in [0.1, 0.15) is 25.7 Å². The molecule has 0 radical (unpaired) electrons. The van der Waals surface area contributed by atoms with Crippen molar-refractivity contribution >= 4 is 16.7 Å². The zero-order valence-electron chi connectivity index (χ0n) is 12.7. The van der Waals surface area contributed by atoms with E-state index in [2.05, 4.69) is 11.1 Å². The van der Waals surface area contributed by atoms with Gasteiger partial charge in [-0.3, -0.25) is 4.79 Å². The molecule has 114 valence electrons. The lowest BCUT2D eigenvalue weighted by atomic mass is 9.79. The van der Waals surface area contributed by atoms with Crippen molar-refractivity contribution < 1.29 is 14.5 Å². The number of para-hydroxylation sites is 1. The Bertz CT molecular complexity index is 708. The van der Waals surface area contributed by atoms with E-state index >= 15 is 0 Å². The van der Waals surface area contributed by atoms with Crippen molar-refractivity contribution in [3.05, 3.63) is 49.2 Å². The van der Waals surface area contributed by atoms with Gasteiger partial charge in [0.2, 0.25) is 5.52 Å². The maximum absolute atomic E-state index is 11.9. The molecule has 3 rings (SSSR count). The number of fused-ring (bicyclic) bond motifs is 1. The van der Waals surface area contributed by atoms with E-state index in [9.17, 15) is 9.90 Å². The molecular weight excluding hydrogens is 274 g/mol. The van der Waals surface area contributed by atoms with Gasteiger partial charge < -0.3 is 5.11 Å². The quantitative estimate of drug-likeness (QED) is 0.694. The summed E-state index contributed by atoms with van der Waals surface area (Å²) in [5.41, 5.74) is 1.04. The Balaban J connectivity index is 1.83. The Morgan fingerprint density at radius 3 is 2.95 bits per heavy atom. The average Bonchev–Trinajstić information content (AvgIpc) is 2.57. The number of rotatable bonds is 4. The van der Waals surface area contributed by atoms with E-state index in [1.165, 1.54) is 6.08 Å². The molecule has 0 amide bonds. The Labute approximate surface area is 130 Å². The van der Waals surface area contributed by atoms with Gasteiger partial charge in [0.1, 0.15) is 5.75 Å². The van der Waals surface area contributed by atoms with Crippen LogP contribution in [-0.2, 0) is 11.3 Å². The van der Waals surface area contributed by atoms with Crippen molar-refractivity contribution in [1.29, 1.82) is 0 Å². The predicted octanol–water partition coefficient (Wildman–Crippen LogP) is 3.39. The Hall–Kier alpha value is -2.16. The van der Waals surface area contributed by atoms with Crippen molar-refractivity contribution in [3.8, 4) is 5.75 Å². The van der Waals surface area contributed by atoms with Crippen LogP contribution in [-0.4, -0.2) is 10.9 Å². The van der Waals surface area contributed by atoms with E-state index in [4.69, 9.17) is 0 Å². The molecule has 1 aliphatic rings. The lowest BCUT2D eigenvalue weighted by molar-refractivity contribution is -0.678. The van der Waals surface area contributed by atoms with Crippen molar-refractivity contribution in [2.45, 2.75) is 32.2 Å².